The number of carboxylic acids is 1. The third-order valence-corrected chi connectivity index (χ3v) is 10.6. The Morgan fingerprint density at radius 2 is 1.98 bits per heavy atom. The van der Waals surface area contributed by atoms with E-state index in [0.717, 1.165) is 43.1 Å². The first-order chi connectivity index (χ1) is 19.6. The van der Waals surface area contributed by atoms with Crippen molar-refractivity contribution in [1.82, 2.24) is 14.7 Å². The van der Waals surface area contributed by atoms with Crippen molar-refractivity contribution in [3.05, 3.63) is 28.3 Å². The van der Waals surface area contributed by atoms with E-state index in [1.165, 1.54) is 4.90 Å². The first-order valence-corrected chi connectivity index (χ1v) is 15.1. The van der Waals surface area contributed by atoms with E-state index in [1.54, 1.807) is 24.0 Å². The fourth-order valence-corrected chi connectivity index (χ4v) is 7.75. The summed E-state index contributed by atoms with van der Waals surface area (Å²) in [5.74, 6) is -0.988. The van der Waals surface area contributed by atoms with Crippen LogP contribution < -0.4 is 4.74 Å². The van der Waals surface area contributed by atoms with Crippen LogP contribution in [0.25, 0.3) is 0 Å². The Balaban J connectivity index is 1.39. The Morgan fingerprint density at radius 3 is 2.63 bits per heavy atom. The molecule has 220 valence electrons. The highest BCUT2D eigenvalue weighted by atomic mass is 35.5. The average Bonchev–Trinajstić information content (AvgIpc) is 3.50. The Labute approximate surface area is 245 Å². The summed E-state index contributed by atoms with van der Waals surface area (Å²) in [5.41, 5.74) is 0.516. The van der Waals surface area contributed by atoms with Gasteiger partial charge >= 0.3 is 5.97 Å². The number of hydrogen-bond donors (Lipinski definition) is 3. The largest absolute Gasteiger partial charge is 0.482 e. The highest BCUT2D eigenvalue weighted by molar-refractivity contribution is 6.31. The molecule has 11 heteroatoms. The summed E-state index contributed by atoms with van der Waals surface area (Å²) in [5, 5.41) is 26.8. The van der Waals surface area contributed by atoms with Crippen molar-refractivity contribution >= 4 is 41.6 Å². The van der Waals surface area contributed by atoms with E-state index in [4.69, 9.17) is 27.2 Å². The number of hydrogen-bond acceptors (Lipinski definition) is 6. The van der Waals surface area contributed by atoms with E-state index < -0.39 is 29.4 Å². The summed E-state index contributed by atoms with van der Waals surface area (Å²) in [6.45, 7) is 3.53. The van der Waals surface area contributed by atoms with Crippen LogP contribution in [0.4, 0.5) is 0 Å². The van der Waals surface area contributed by atoms with Gasteiger partial charge in [-0.3, -0.25) is 25.2 Å². The fraction of sp³-hybridized carbons (Fsp3) is 0.633. The summed E-state index contributed by atoms with van der Waals surface area (Å²) in [7, 11) is 0. The first kappa shape index (κ1) is 28.0. The Morgan fingerprint density at radius 1 is 1.20 bits per heavy atom. The molecule has 1 spiro atoms. The molecule has 0 radical (unpaired) electrons. The van der Waals surface area contributed by atoms with Crippen molar-refractivity contribution in [2.45, 2.75) is 76.9 Å². The number of benzene rings is 1. The van der Waals surface area contributed by atoms with E-state index in [1.807, 2.05) is 4.90 Å². The quantitative estimate of drug-likeness (QED) is 0.326. The Kier molecular flexibility index (Phi) is 7.03. The fourth-order valence-electron chi connectivity index (χ4n) is 7.49. The molecule has 10 nitrogen and oxygen atoms in total. The smallest absolute Gasteiger partial charge is 0.310 e. The van der Waals surface area contributed by atoms with Gasteiger partial charge in [-0.05, 0) is 62.1 Å². The van der Waals surface area contributed by atoms with Gasteiger partial charge in [0.2, 0.25) is 11.8 Å². The number of carbonyl (C=O) groups excluding carboxylic acids is 2. The number of rotatable bonds is 7. The zero-order valence-corrected chi connectivity index (χ0v) is 24.2. The van der Waals surface area contributed by atoms with Crippen molar-refractivity contribution in [3.8, 4) is 5.75 Å². The maximum absolute atomic E-state index is 14.4. The van der Waals surface area contributed by atoms with Gasteiger partial charge in [0.1, 0.15) is 11.6 Å². The standard InChI is InChI=1S/C30H38ClN5O5/c1-29(28(39)40)9-3-2-4-19(29)27(38)36-13-7-18-20(31)5-6-22(41-23-8-12-34(17-32)26(23)33)25(18)21(36)15-35-16-30(10-11-30)14-24(35)37/h5-6,17,19,21,23,32-33H,2-4,7-16H2,1H3,(H,39,40)/t19?,21?,23?,29-/m0/s1. The summed E-state index contributed by atoms with van der Waals surface area (Å²) in [6, 6.07) is 3.01. The molecule has 3 aliphatic heterocycles. The second kappa shape index (κ2) is 10.3. The second-order valence-corrected chi connectivity index (χ2v) is 13.2. The van der Waals surface area contributed by atoms with Gasteiger partial charge in [0, 0.05) is 49.6 Å². The maximum atomic E-state index is 14.4. The average molecular weight is 584 g/mol. The van der Waals surface area contributed by atoms with Gasteiger partial charge in [-0.15, -0.1) is 0 Å². The number of amides is 2. The molecule has 4 atom stereocenters. The van der Waals surface area contributed by atoms with Crippen LogP contribution in [0.3, 0.4) is 0 Å². The van der Waals surface area contributed by atoms with Crippen molar-refractivity contribution in [2.24, 2.45) is 16.7 Å². The van der Waals surface area contributed by atoms with E-state index in [9.17, 15) is 19.5 Å². The molecule has 5 aliphatic rings. The topological polar surface area (TPSA) is 138 Å². The molecule has 2 amide bonds. The minimum Gasteiger partial charge on any atom is -0.482 e. The van der Waals surface area contributed by atoms with Crippen LogP contribution in [-0.4, -0.2) is 82.0 Å². The molecule has 6 rings (SSSR count). The lowest BCUT2D eigenvalue weighted by Gasteiger charge is -2.45. The predicted molar refractivity (Wildman–Crippen MR) is 152 cm³/mol. The van der Waals surface area contributed by atoms with E-state index in [0.29, 0.717) is 69.1 Å². The molecular formula is C30H38ClN5O5. The minimum absolute atomic E-state index is 0.0531. The van der Waals surface area contributed by atoms with E-state index in [-0.39, 0.29) is 23.1 Å². The molecule has 0 bridgehead atoms. The van der Waals surface area contributed by atoms with Gasteiger partial charge < -0.3 is 24.5 Å². The number of nitrogens with zero attached hydrogens (tertiary/aromatic N) is 3. The van der Waals surface area contributed by atoms with E-state index in [2.05, 4.69) is 0 Å². The molecule has 41 heavy (non-hydrogen) atoms. The monoisotopic (exact) mass is 583 g/mol. The Bertz CT molecular complexity index is 1310. The van der Waals surface area contributed by atoms with Crippen molar-refractivity contribution in [2.75, 3.05) is 26.2 Å². The van der Waals surface area contributed by atoms with Crippen LogP contribution in [0.2, 0.25) is 5.02 Å². The second-order valence-electron chi connectivity index (χ2n) is 12.8. The summed E-state index contributed by atoms with van der Waals surface area (Å²) < 4.78 is 6.44. The third kappa shape index (κ3) is 4.77. The number of amidine groups is 1. The molecule has 2 aliphatic carbocycles. The van der Waals surface area contributed by atoms with Gasteiger partial charge in [-0.2, -0.15) is 0 Å². The maximum Gasteiger partial charge on any atom is 0.310 e. The van der Waals surface area contributed by atoms with Crippen molar-refractivity contribution < 1.29 is 24.2 Å². The van der Waals surface area contributed by atoms with Gasteiger partial charge in [0.15, 0.2) is 6.10 Å². The van der Waals surface area contributed by atoms with Crippen LogP contribution in [0.15, 0.2) is 12.1 Å². The highest BCUT2D eigenvalue weighted by Crippen LogP contribution is 2.54. The molecule has 1 aromatic carbocycles. The predicted octanol–water partition coefficient (Wildman–Crippen LogP) is 4.10. The van der Waals surface area contributed by atoms with Crippen LogP contribution in [0.5, 0.6) is 5.75 Å². The van der Waals surface area contributed by atoms with Crippen LogP contribution in [-0.2, 0) is 20.8 Å². The SMILES string of the molecule is C[C@]1(C(=O)O)CCCCC1C(=O)N1CCc2c(Cl)ccc(OC3CCN(C=N)C3=N)c2C1CN1CC2(CC2)CC1=O. The van der Waals surface area contributed by atoms with Gasteiger partial charge in [-0.1, -0.05) is 24.4 Å². The van der Waals surface area contributed by atoms with Crippen LogP contribution >= 0.6 is 11.6 Å². The third-order valence-electron chi connectivity index (χ3n) is 10.3. The molecule has 3 unspecified atom stereocenters. The van der Waals surface area contributed by atoms with Crippen molar-refractivity contribution in [1.29, 1.82) is 10.8 Å². The van der Waals surface area contributed by atoms with Crippen LogP contribution in [0.1, 0.15) is 75.5 Å². The molecule has 1 aromatic rings. The lowest BCUT2D eigenvalue weighted by atomic mass is 9.66. The Hall–Kier alpha value is -3.14. The normalized spacial score (nSPS) is 30.5. The van der Waals surface area contributed by atoms with Gasteiger partial charge in [0.25, 0.3) is 0 Å². The molecular weight excluding hydrogens is 546 g/mol. The molecule has 4 fully saturated rings. The zero-order chi connectivity index (χ0) is 29.1. The molecule has 3 heterocycles. The first-order valence-electron chi connectivity index (χ1n) is 14.7. The zero-order valence-electron chi connectivity index (χ0n) is 23.5. The number of aliphatic carboxylic acids is 1. The lowest BCUT2D eigenvalue weighted by molar-refractivity contribution is -0.162. The van der Waals surface area contributed by atoms with Gasteiger partial charge in [0.05, 0.1) is 23.7 Å². The minimum atomic E-state index is -1.15. The van der Waals surface area contributed by atoms with Gasteiger partial charge in [-0.25, -0.2) is 0 Å². The summed E-state index contributed by atoms with van der Waals surface area (Å²) >= 11 is 6.74. The summed E-state index contributed by atoms with van der Waals surface area (Å²) in [4.78, 5) is 45.2. The molecule has 2 saturated carbocycles. The van der Waals surface area contributed by atoms with E-state index >= 15 is 0 Å². The number of carboxylic acid groups (broad SMARTS) is 1. The molecule has 3 N–H and O–H groups in total. The number of fused-ring (bicyclic) bond motifs is 1. The summed E-state index contributed by atoms with van der Waals surface area (Å²) in [6.07, 6.45) is 6.74. The molecule has 0 aromatic heterocycles. The lowest BCUT2D eigenvalue weighted by Crippen LogP contribution is -2.52. The number of halogens is 1. The molecule has 2 saturated heterocycles. The number of ether oxygens (including phenoxy) is 1. The number of carbonyl (C=O) groups is 3. The number of likely N-dealkylation sites (tertiary alicyclic amines) is 2. The van der Waals surface area contributed by atoms with Crippen molar-refractivity contribution in [3.63, 3.8) is 0 Å². The highest BCUT2D eigenvalue weighted by Gasteiger charge is 2.54. The van der Waals surface area contributed by atoms with Crippen LogP contribution in [0, 0.1) is 27.6 Å². The number of nitrogens with one attached hydrogen (secondary N) is 2.